The summed E-state index contributed by atoms with van der Waals surface area (Å²) in [5.41, 5.74) is 2.69. The summed E-state index contributed by atoms with van der Waals surface area (Å²) < 4.78 is 36.7. The van der Waals surface area contributed by atoms with Crippen molar-refractivity contribution < 1.29 is 27.9 Å². The van der Waals surface area contributed by atoms with Gasteiger partial charge in [0, 0.05) is 24.2 Å². The van der Waals surface area contributed by atoms with Crippen LogP contribution in [0.15, 0.2) is 59.7 Å². The van der Waals surface area contributed by atoms with Crippen LogP contribution in [-0.2, 0) is 18.4 Å². The second kappa shape index (κ2) is 11.4. The van der Waals surface area contributed by atoms with E-state index in [1.54, 1.807) is 44.9 Å². The van der Waals surface area contributed by atoms with Gasteiger partial charge in [-0.25, -0.2) is 4.57 Å². The Morgan fingerprint density at radius 2 is 1.18 bits per heavy atom. The number of hydrogen-bond donors (Lipinski definition) is 0. The lowest BCUT2D eigenvalue weighted by molar-refractivity contribution is -0.113. The van der Waals surface area contributed by atoms with E-state index < -0.39 is 7.75 Å². The fourth-order valence-corrected chi connectivity index (χ4v) is 5.23. The van der Waals surface area contributed by atoms with Gasteiger partial charge in [-0.3, -0.25) is 13.8 Å². The zero-order valence-corrected chi connectivity index (χ0v) is 20.3. The summed E-state index contributed by atoms with van der Waals surface area (Å²) in [6.07, 6.45) is 3.61. The minimum atomic E-state index is -3.57. The van der Waals surface area contributed by atoms with Crippen LogP contribution in [0.1, 0.15) is 25.0 Å². The van der Waals surface area contributed by atoms with E-state index in [2.05, 4.69) is 0 Å². The van der Waals surface area contributed by atoms with Gasteiger partial charge in [-0.2, -0.15) is 4.67 Å². The second-order valence-corrected chi connectivity index (χ2v) is 9.36. The van der Waals surface area contributed by atoms with Crippen molar-refractivity contribution in [1.82, 2.24) is 4.67 Å². The van der Waals surface area contributed by atoms with Gasteiger partial charge in [0.25, 0.3) is 0 Å². The average Bonchev–Trinajstić information content (AvgIpc) is 2.82. The predicted octanol–water partition coefficient (Wildman–Crippen LogP) is 5.24. The van der Waals surface area contributed by atoms with Crippen LogP contribution in [0.3, 0.4) is 0 Å². The first-order valence-electron chi connectivity index (χ1n) is 10.8. The molecule has 8 heteroatoms. The zero-order valence-electron chi connectivity index (χ0n) is 19.4. The van der Waals surface area contributed by atoms with Gasteiger partial charge in [0.15, 0.2) is 5.78 Å². The van der Waals surface area contributed by atoms with Crippen molar-refractivity contribution in [3.63, 3.8) is 0 Å². The molecule has 0 unspecified atom stereocenters. The lowest BCUT2D eigenvalue weighted by Gasteiger charge is -2.34. The van der Waals surface area contributed by atoms with Gasteiger partial charge < -0.3 is 9.47 Å². The summed E-state index contributed by atoms with van der Waals surface area (Å²) in [6, 6.07) is 14.8. The van der Waals surface area contributed by atoms with Crippen LogP contribution in [0, 0.1) is 0 Å². The third-order valence-corrected chi connectivity index (χ3v) is 7.28. The van der Waals surface area contributed by atoms with Crippen molar-refractivity contribution in [3.05, 3.63) is 70.8 Å². The van der Waals surface area contributed by atoms with E-state index in [1.165, 1.54) is 0 Å². The molecule has 2 aromatic carbocycles. The number of methoxy groups -OCH3 is 2. The molecule has 0 aromatic heterocycles. The molecule has 0 atom stereocenters. The van der Waals surface area contributed by atoms with E-state index in [9.17, 15) is 9.36 Å². The standard InChI is InChI=1S/C25H30NO6P/c1-5-31-33(28,32-6-2)26-17-21(15-19-7-11-23(29-3)12-8-19)25(27)22(18-26)16-20-9-13-24(30-4)14-10-20/h7-16H,5-6,17-18H2,1-4H3/b21-15-,22-16+. The van der Waals surface area contributed by atoms with Crippen molar-refractivity contribution in [1.29, 1.82) is 0 Å². The van der Waals surface area contributed by atoms with Gasteiger partial charge in [-0.05, 0) is 61.4 Å². The van der Waals surface area contributed by atoms with Crippen LogP contribution in [0.25, 0.3) is 12.2 Å². The molecule has 33 heavy (non-hydrogen) atoms. The monoisotopic (exact) mass is 471 g/mol. The Morgan fingerprint density at radius 3 is 1.52 bits per heavy atom. The summed E-state index contributed by atoms with van der Waals surface area (Å²) in [5, 5.41) is 0. The molecule has 1 saturated heterocycles. The molecule has 0 saturated carbocycles. The van der Waals surface area contributed by atoms with Crippen molar-refractivity contribution in [2.45, 2.75) is 13.8 Å². The maximum absolute atomic E-state index is 13.5. The molecule has 0 aliphatic carbocycles. The molecule has 0 amide bonds. The van der Waals surface area contributed by atoms with Crippen LogP contribution >= 0.6 is 7.75 Å². The van der Waals surface area contributed by atoms with E-state index in [1.807, 2.05) is 48.5 Å². The summed E-state index contributed by atoms with van der Waals surface area (Å²) >= 11 is 0. The number of carbonyl (C=O) groups excluding carboxylic acids is 1. The molecule has 1 aliphatic heterocycles. The number of benzene rings is 2. The Bertz CT molecular complexity index is 980. The van der Waals surface area contributed by atoms with Gasteiger partial charge >= 0.3 is 7.75 Å². The highest BCUT2D eigenvalue weighted by atomic mass is 31.2. The number of nitrogens with zero attached hydrogens (tertiary/aromatic N) is 1. The highest BCUT2D eigenvalue weighted by Crippen LogP contribution is 2.53. The Kier molecular flexibility index (Phi) is 8.64. The first-order chi connectivity index (χ1) is 15.9. The third-order valence-electron chi connectivity index (χ3n) is 5.13. The molecular weight excluding hydrogens is 441 g/mol. The number of rotatable bonds is 9. The highest BCUT2D eigenvalue weighted by Gasteiger charge is 2.39. The first kappa shape index (κ1) is 24.9. The van der Waals surface area contributed by atoms with Crippen molar-refractivity contribution in [2.75, 3.05) is 40.5 Å². The maximum Gasteiger partial charge on any atom is 0.408 e. The van der Waals surface area contributed by atoms with Crippen LogP contribution < -0.4 is 9.47 Å². The minimum absolute atomic E-state index is 0.0996. The van der Waals surface area contributed by atoms with Gasteiger partial charge in [-0.15, -0.1) is 0 Å². The molecule has 0 bridgehead atoms. The number of hydrogen-bond acceptors (Lipinski definition) is 6. The van der Waals surface area contributed by atoms with Gasteiger partial charge in [0.2, 0.25) is 0 Å². The summed E-state index contributed by atoms with van der Waals surface area (Å²) in [5.74, 6) is 1.36. The van der Waals surface area contributed by atoms with Crippen molar-refractivity contribution in [2.24, 2.45) is 0 Å². The fraction of sp³-hybridized carbons (Fsp3) is 0.320. The molecular formula is C25H30NO6P. The highest BCUT2D eigenvalue weighted by molar-refractivity contribution is 7.51. The Balaban J connectivity index is 2.02. The molecule has 1 heterocycles. The minimum Gasteiger partial charge on any atom is -0.497 e. The van der Waals surface area contributed by atoms with E-state index in [0.29, 0.717) is 11.1 Å². The van der Waals surface area contributed by atoms with E-state index in [4.69, 9.17) is 18.5 Å². The lowest BCUT2D eigenvalue weighted by atomic mass is 9.95. The molecule has 0 radical (unpaired) electrons. The Hall–Kier alpha value is -2.70. The predicted molar refractivity (Wildman–Crippen MR) is 129 cm³/mol. The molecule has 1 aliphatic rings. The number of carbonyl (C=O) groups is 1. The van der Waals surface area contributed by atoms with Crippen LogP contribution in [0.2, 0.25) is 0 Å². The molecule has 7 nitrogen and oxygen atoms in total. The normalized spacial score (nSPS) is 17.5. The number of piperidine rings is 1. The Labute approximate surface area is 195 Å². The molecule has 0 spiro atoms. The molecule has 2 aromatic rings. The number of ketones is 1. The SMILES string of the molecule is CCOP(=O)(OCC)N1C/C(=C/c2ccc(OC)cc2)C(=O)/C(=C/c2ccc(OC)cc2)C1. The zero-order chi connectivity index (χ0) is 23.8. The van der Waals surface area contributed by atoms with Gasteiger partial charge in [0.05, 0.1) is 27.4 Å². The Morgan fingerprint density at radius 1 is 0.788 bits per heavy atom. The number of ether oxygens (including phenoxy) is 2. The fourth-order valence-electron chi connectivity index (χ4n) is 3.52. The van der Waals surface area contributed by atoms with Crippen molar-refractivity contribution in [3.8, 4) is 11.5 Å². The van der Waals surface area contributed by atoms with Crippen LogP contribution in [-0.4, -0.2) is 51.0 Å². The number of Topliss-reactive ketones (excluding diaryl/α,β-unsaturated/α-hetero) is 1. The topological polar surface area (TPSA) is 74.3 Å². The summed E-state index contributed by atoms with van der Waals surface area (Å²) in [4.78, 5) is 13.4. The van der Waals surface area contributed by atoms with E-state index in [-0.39, 0.29) is 32.1 Å². The average molecular weight is 471 g/mol. The van der Waals surface area contributed by atoms with Crippen LogP contribution in [0.4, 0.5) is 0 Å². The third kappa shape index (κ3) is 6.21. The van der Waals surface area contributed by atoms with Gasteiger partial charge in [0.1, 0.15) is 11.5 Å². The largest absolute Gasteiger partial charge is 0.497 e. The molecule has 0 N–H and O–H groups in total. The molecule has 3 rings (SSSR count). The second-order valence-electron chi connectivity index (χ2n) is 7.34. The van der Waals surface area contributed by atoms with Crippen LogP contribution in [0.5, 0.6) is 11.5 Å². The summed E-state index contributed by atoms with van der Waals surface area (Å²) in [6.45, 7) is 4.31. The maximum atomic E-state index is 13.5. The molecule has 1 fully saturated rings. The van der Waals surface area contributed by atoms with E-state index >= 15 is 0 Å². The molecule has 176 valence electrons. The quantitative estimate of drug-likeness (QED) is 0.366. The lowest BCUT2D eigenvalue weighted by Crippen LogP contribution is -2.36. The first-order valence-corrected chi connectivity index (χ1v) is 12.3. The van der Waals surface area contributed by atoms with Gasteiger partial charge in [-0.1, -0.05) is 24.3 Å². The van der Waals surface area contributed by atoms with E-state index in [0.717, 1.165) is 22.6 Å². The smallest absolute Gasteiger partial charge is 0.408 e. The summed E-state index contributed by atoms with van der Waals surface area (Å²) in [7, 11) is -0.367. The van der Waals surface area contributed by atoms with Crippen molar-refractivity contribution >= 4 is 25.7 Å².